The van der Waals surface area contributed by atoms with E-state index in [-0.39, 0.29) is 18.5 Å². The van der Waals surface area contributed by atoms with Crippen molar-refractivity contribution in [2.24, 2.45) is 0 Å². The Hall–Kier alpha value is -3.72. The van der Waals surface area contributed by atoms with Crippen LogP contribution in [-0.4, -0.2) is 49.5 Å². The summed E-state index contributed by atoms with van der Waals surface area (Å²) in [5.74, 6) is -1.57. The van der Waals surface area contributed by atoms with Gasteiger partial charge in [0.2, 0.25) is 21.8 Å². The predicted molar refractivity (Wildman–Crippen MR) is 157 cm³/mol. The number of carbonyl (C=O) groups excluding carboxylic acids is 2. The summed E-state index contributed by atoms with van der Waals surface area (Å²) in [6.45, 7) is 8.41. The second-order valence-electron chi connectivity index (χ2n) is 11.2. The Morgan fingerprint density at radius 3 is 2.05 bits per heavy atom. The number of aryl methyl sites for hydroxylation is 2. The van der Waals surface area contributed by atoms with Crippen LogP contribution in [0.3, 0.4) is 0 Å². The molecule has 3 aromatic rings. The summed E-state index contributed by atoms with van der Waals surface area (Å²) in [4.78, 5) is 29.1. The normalized spacial score (nSPS) is 12.5. The zero-order chi connectivity index (χ0) is 29.7. The smallest absolute Gasteiger partial charge is 0.244 e. The maximum Gasteiger partial charge on any atom is 0.244 e. The number of sulfonamides is 1. The summed E-state index contributed by atoms with van der Waals surface area (Å²) in [6, 6.07) is 19.5. The van der Waals surface area contributed by atoms with Gasteiger partial charge in [-0.05, 0) is 69.5 Å². The third-order valence-electron chi connectivity index (χ3n) is 6.24. The Labute approximate surface area is 237 Å². The van der Waals surface area contributed by atoms with Crippen LogP contribution in [-0.2, 0) is 32.6 Å². The molecule has 1 N–H and O–H groups in total. The van der Waals surface area contributed by atoms with Crippen LogP contribution in [0.5, 0.6) is 0 Å². The van der Waals surface area contributed by atoms with Gasteiger partial charge >= 0.3 is 0 Å². The van der Waals surface area contributed by atoms with Crippen molar-refractivity contribution < 1.29 is 22.4 Å². The molecule has 0 aliphatic heterocycles. The average Bonchev–Trinajstić information content (AvgIpc) is 2.83. The number of carbonyl (C=O) groups is 2. The van der Waals surface area contributed by atoms with Gasteiger partial charge in [-0.2, -0.15) is 0 Å². The van der Waals surface area contributed by atoms with E-state index in [0.717, 1.165) is 27.3 Å². The van der Waals surface area contributed by atoms with E-state index < -0.39 is 45.8 Å². The Balaban J connectivity index is 2.10. The lowest BCUT2D eigenvalue weighted by Gasteiger charge is -2.35. The van der Waals surface area contributed by atoms with Crippen molar-refractivity contribution in [1.29, 1.82) is 0 Å². The summed E-state index contributed by atoms with van der Waals surface area (Å²) < 4.78 is 41.7. The van der Waals surface area contributed by atoms with Crippen LogP contribution in [0.4, 0.5) is 10.1 Å². The van der Waals surface area contributed by atoms with E-state index >= 15 is 0 Å². The van der Waals surface area contributed by atoms with Crippen LogP contribution < -0.4 is 9.62 Å². The highest BCUT2D eigenvalue weighted by atomic mass is 32.2. The van der Waals surface area contributed by atoms with E-state index in [1.807, 2.05) is 71.0 Å². The second-order valence-corrected chi connectivity index (χ2v) is 13.1. The van der Waals surface area contributed by atoms with Crippen molar-refractivity contribution in [3.8, 4) is 0 Å². The minimum absolute atomic E-state index is 0.158. The molecule has 0 aliphatic rings. The number of halogens is 1. The molecular weight excluding hydrogens is 529 g/mol. The number of nitrogens with zero attached hydrogens (tertiary/aromatic N) is 2. The third-order valence-corrected chi connectivity index (χ3v) is 7.38. The van der Waals surface area contributed by atoms with Gasteiger partial charge in [-0.3, -0.25) is 13.9 Å². The lowest BCUT2D eigenvalue weighted by atomic mass is 10.0. The molecule has 7 nitrogen and oxygen atoms in total. The Kier molecular flexibility index (Phi) is 9.73. The molecular formula is C31H38FN3O4S. The molecule has 9 heteroatoms. The van der Waals surface area contributed by atoms with Gasteiger partial charge in [0.1, 0.15) is 18.4 Å². The molecule has 0 aromatic heterocycles. The van der Waals surface area contributed by atoms with Gasteiger partial charge in [0.25, 0.3) is 0 Å². The molecule has 0 saturated carbocycles. The summed E-state index contributed by atoms with van der Waals surface area (Å²) in [5.41, 5.74) is 2.44. The fourth-order valence-electron chi connectivity index (χ4n) is 4.53. The Bertz CT molecular complexity index is 1430. The number of hydrogen-bond donors (Lipinski definition) is 1. The molecule has 0 aliphatic carbocycles. The highest BCUT2D eigenvalue weighted by Crippen LogP contribution is 2.23. The van der Waals surface area contributed by atoms with E-state index in [9.17, 15) is 22.4 Å². The molecule has 40 heavy (non-hydrogen) atoms. The molecule has 0 fully saturated rings. The maximum atomic E-state index is 14.8. The zero-order valence-corrected chi connectivity index (χ0v) is 24.8. The minimum atomic E-state index is -3.88. The van der Waals surface area contributed by atoms with Gasteiger partial charge < -0.3 is 10.2 Å². The molecule has 0 bridgehead atoms. The number of anilines is 1. The SMILES string of the molecule is Cc1cc(C)cc(N(CC(=O)N(Cc2ccccc2F)C(Cc2ccccc2)C(=O)NC(C)(C)C)S(C)(=O)=O)c1. The first-order chi connectivity index (χ1) is 18.6. The van der Waals surface area contributed by atoms with E-state index in [0.29, 0.717) is 5.69 Å². The number of rotatable bonds is 10. The van der Waals surface area contributed by atoms with Gasteiger partial charge in [0.05, 0.1) is 11.9 Å². The fraction of sp³-hybridized carbons (Fsp3) is 0.355. The van der Waals surface area contributed by atoms with Crippen LogP contribution in [0.15, 0.2) is 72.8 Å². The lowest BCUT2D eigenvalue weighted by molar-refractivity contribution is -0.140. The number of nitrogens with one attached hydrogen (secondary N) is 1. The van der Waals surface area contributed by atoms with Crippen LogP contribution in [0, 0.1) is 19.7 Å². The maximum absolute atomic E-state index is 14.8. The summed E-state index contributed by atoms with van der Waals surface area (Å²) in [6.07, 6.45) is 1.19. The van der Waals surface area contributed by atoms with Crippen LogP contribution >= 0.6 is 0 Å². The largest absolute Gasteiger partial charge is 0.350 e. The lowest BCUT2D eigenvalue weighted by Crippen LogP contribution is -2.56. The van der Waals surface area contributed by atoms with Crippen molar-refractivity contribution in [1.82, 2.24) is 10.2 Å². The van der Waals surface area contributed by atoms with Crippen LogP contribution in [0.25, 0.3) is 0 Å². The number of hydrogen-bond acceptors (Lipinski definition) is 4. The van der Waals surface area contributed by atoms with E-state index in [2.05, 4.69) is 5.32 Å². The summed E-state index contributed by atoms with van der Waals surface area (Å²) in [5, 5.41) is 2.95. The molecule has 3 aromatic carbocycles. The second kappa shape index (κ2) is 12.6. The summed E-state index contributed by atoms with van der Waals surface area (Å²) in [7, 11) is -3.88. The highest BCUT2D eigenvalue weighted by Gasteiger charge is 2.34. The topological polar surface area (TPSA) is 86.8 Å². The van der Waals surface area contributed by atoms with Gasteiger partial charge in [-0.15, -0.1) is 0 Å². The van der Waals surface area contributed by atoms with Crippen LogP contribution in [0.1, 0.15) is 43.0 Å². The van der Waals surface area contributed by atoms with Crippen molar-refractivity contribution in [2.45, 2.75) is 59.2 Å². The Morgan fingerprint density at radius 1 is 0.925 bits per heavy atom. The average molecular weight is 568 g/mol. The van der Waals surface area contributed by atoms with Crippen molar-refractivity contribution >= 4 is 27.5 Å². The van der Waals surface area contributed by atoms with Crippen molar-refractivity contribution in [3.05, 3.63) is 101 Å². The fourth-order valence-corrected chi connectivity index (χ4v) is 5.36. The Morgan fingerprint density at radius 2 is 1.50 bits per heavy atom. The monoisotopic (exact) mass is 567 g/mol. The van der Waals surface area contributed by atoms with Crippen LogP contribution in [0.2, 0.25) is 0 Å². The number of amides is 2. The highest BCUT2D eigenvalue weighted by molar-refractivity contribution is 7.92. The van der Waals surface area contributed by atoms with Gasteiger partial charge in [-0.1, -0.05) is 54.6 Å². The first kappa shape index (κ1) is 30.8. The first-order valence-corrected chi connectivity index (χ1v) is 14.9. The van der Waals surface area contributed by atoms with Gasteiger partial charge in [0.15, 0.2) is 0 Å². The molecule has 0 heterocycles. The molecule has 0 saturated heterocycles. The third kappa shape index (κ3) is 8.64. The van der Waals surface area contributed by atoms with E-state index in [4.69, 9.17) is 0 Å². The van der Waals surface area contributed by atoms with E-state index in [1.165, 1.54) is 11.0 Å². The summed E-state index contributed by atoms with van der Waals surface area (Å²) >= 11 is 0. The van der Waals surface area contributed by atoms with E-state index in [1.54, 1.807) is 30.3 Å². The van der Waals surface area contributed by atoms with Crippen molar-refractivity contribution in [2.75, 3.05) is 17.1 Å². The molecule has 214 valence electrons. The van der Waals surface area contributed by atoms with Crippen molar-refractivity contribution in [3.63, 3.8) is 0 Å². The number of benzene rings is 3. The molecule has 1 atom stereocenters. The molecule has 3 rings (SSSR count). The quantitative estimate of drug-likeness (QED) is 0.383. The van der Waals surface area contributed by atoms with Gasteiger partial charge in [-0.25, -0.2) is 12.8 Å². The molecule has 1 unspecified atom stereocenters. The molecule has 0 radical (unpaired) electrons. The predicted octanol–water partition coefficient (Wildman–Crippen LogP) is 4.76. The first-order valence-electron chi connectivity index (χ1n) is 13.1. The molecule has 0 spiro atoms. The van der Waals surface area contributed by atoms with Gasteiger partial charge in [0, 0.05) is 24.1 Å². The minimum Gasteiger partial charge on any atom is -0.350 e. The molecule has 2 amide bonds. The zero-order valence-electron chi connectivity index (χ0n) is 23.9. The standard InChI is InChI=1S/C31H38FN3O4S/c1-22-16-23(2)18-26(17-22)35(40(6,38)39)21-29(36)34(20-25-14-10-11-15-27(25)32)28(30(37)33-31(3,4)5)19-24-12-8-7-9-13-24/h7-18,28H,19-21H2,1-6H3,(H,33,37).